The van der Waals surface area contributed by atoms with E-state index in [1.165, 1.54) is 4.90 Å². The molecular formula is C24H32N4O2S. The third-order valence-corrected chi connectivity index (χ3v) is 6.60. The Labute approximate surface area is 189 Å². The molecule has 0 aromatic heterocycles. The molecule has 0 aliphatic carbocycles. The van der Waals surface area contributed by atoms with Crippen molar-refractivity contribution < 1.29 is 9.53 Å². The maximum Gasteiger partial charge on any atom is 0.227 e. The highest BCUT2D eigenvalue weighted by atomic mass is 32.2. The number of carbonyl (C=O) groups excluding carboxylic acids is 1. The number of nitrogens with zero attached hydrogens (tertiary/aromatic N) is 2. The van der Waals surface area contributed by atoms with Gasteiger partial charge in [-0.05, 0) is 42.2 Å². The quantitative estimate of drug-likeness (QED) is 0.352. The molecule has 2 N–H and O–H groups in total. The molecule has 1 atom stereocenters. The van der Waals surface area contributed by atoms with Gasteiger partial charge in [-0.2, -0.15) is 0 Å². The predicted molar refractivity (Wildman–Crippen MR) is 129 cm³/mol. The first-order valence-electron chi connectivity index (χ1n) is 10.7. The van der Waals surface area contributed by atoms with Crippen molar-refractivity contribution in [2.45, 2.75) is 31.2 Å². The van der Waals surface area contributed by atoms with Gasteiger partial charge in [0.05, 0.1) is 7.11 Å². The third kappa shape index (κ3) is 6.66. The minimum Gasteiger partial charge on any atom is -0.496 e. The molecule has 0 saturated carbocycles. The fourth-order valence-electron chi connectivity index (χ4n) is 3.42. The van der Waals surface area contributed by atoms with Crippen molar-refractivity contribution in [3.63, 3.8) is 0 Å². The smallest absolute Gasteiger partial charge is 0.227 e. The molecule has 1 aliphatic rings. The summed E-state index contributed by atoms with van der Waals surface area (Å²) in [6.45, 7) is 4.55. The Morgan fingerprint density at radius 2 is 1.97 bits per heavy atom. The van der Waals surface area contributed by atoms with Crippen LogP contribution < -0.4 is 20.3 Å². The Hall–Kier alpha value is -2.67. The van der Waals surface area contributed by atoms with Crippen molar-refractivity contribution in [1.29, 1.82) is 0 Å². The van der Waals surface area contributed by atoms with E-state index < -0.39 is 0 Å². The molecule has 1 amide bonds. The van der Waals surface area contributed by atoms with Gasteiger partial charge in [0.15, 0.2) is 5.96 Å². The highest BCUT2D eigenvalue weighted by molar-refractivity contribution is 7.99. The Bertz CT molecular complexity index is 885. The van der Waals surface area contributed by atoms with Crippen molar-refractivity contribution in [2.24, 2.45) is 10.9 Å². The number of benzene rings is 2. The summed E-state index contributed by atoms with van der Waals surface area (Å²) in [5.41, 5.74) is 2.13. The zero-order valence-electron chi connectivity index (χ0n) is 18.6. The molecule has 1 unspecified atom stereocenters. The highest BCUT2D eigenvalue weighted by Gasteiger charge is 2.21. The second-order valence-corrected chi connectivity index (χ2v) is 8.75. The van der Waals surface area contributed by atoms with E-state index in [1.54, 1.807) is 14.2 Å². The van der Waals surface area contributed by atoms with Crippen LogP contribution in [0.4, 0.5) is 5.69 Å². The number of nitrogens with one attached hydrogen (secondary N) is 2. The Kier molecular flexibility index (Phi) is 8.64. The Morgan fingerprint density at radius 1 is 1.19 bits per heavy atom. The average molecular weight is 441 g/mol. The van der Waals surface area contributed by atoms with Crippen molar-refractivity contribution in [1.82, 2.24) is 10.6 Å². The normalized spacial score (nSPS) is 15.1. The number of para-hydroxylation sites is 1. The number of hydrogen-bond donors (Lipinski definition) is 2. The van der Waals surface area contributed by atoms with Gasteiger partial charge >= 0.3 is 0 Å². The molecule has 1 saturated heterocycles. The van der Waals surface area contributed by atoms with Gasteiger partial charge < -0.3 is 20.3 Å². The molecule has 0 spiro atoms. The SMILES string of the molecule is CN=C(NCc1ccc(N2CCCC2=O)cc1)NCC(C)CSc1ccccc1OC. The van der Waals surface area contributed by atoms with Crippen molar-refractivity contribution in [2.75, 3.05) is 37.9 Å². The predicted octanol–water partition coefficient (Wildman–Crippen LogP) is 3.92. The van der Waals surface area contributed by atoms with Crippen LogP contribution in [0, 0.1) is 5.92 Å². The number of hydrogen-bond acceptors (Lipinski definition) is 4. The van der Waals surface area contributed by atoms with E-state index >= 15 is 0 Å². The number of anilines is 1. The zero-order chi connectivity index (χ0) is 22.1. The van der Waals surface area contributed by atoms with Crippen molar-refractivity contribution in [3.05, 3.63) is 54.1 Å². The van der Waals surface area contributed by atoms with Gasteiger partial charge in [0.25, 0.3) is 0 Å². The van der Waals surface area contributed by atoms with Gasteiger partial charge in [0, 0.05) is 49.4 Å². The van der Waals surface area contributed by atoms with Gasteiger partial charge in [-0.1, -0.05) is 31.2 Å². The van der Waals surface area contributed by atoms with Crippen LogP contribution >= 0.6 is 11.8 Å². The number of carbonyl (C=O) groups is 1. The summed E-state index contributed by atoms with van der Waals surface area (Å²) >= 11 is 1.81. The van der Waals surface area contributed by atoms with E-state index in [2.05, 4.69) is 40.7 Å². The zero-order valence-corrected chi connectivity index (χ0v) is 19.4. The fourth-order valence-corrected chi connectivity index (χ4v) is 4.47. The summed E-state index contributed by atoms with van der Waals surface area (Å²) < 4.78 is 5.42. The minimum atomic E-state index is 0.216. The van der Waals surface area contributed by atoms with Gasteiger partial charge in [-0.25, -0.2) is 0 Å². The van der Waals surface area contributed by atoms with E-state index in [9.17, 15) is 4.79 Å². The molecule has 0 radical (unpaired) electrons. The van der Waals surface area contributed by atoms with E-state index in [1.807, 2.05) is 47.0 Å². The number of aliphatic imine (C=N–C) groups is 1. The molecule has 1 heterocycles. The van der Waals surface area contributed by atoms with Crippen LogP contribution in [0.1, 0.15) is 25.3 Å². The summed E-state index contributed by atoms with van der Waals surface area (Å²) in [5, 5.41) is 6.77. The number of ether oxygens (including phenoxy) is 1. The molecular weight excluding hydrogens is 408 g/mol. The summed E-state index contributed by atoms with van der Waals surface area (Å²) in [7, 11) is 3.49. The van der Waals surface area contributed by atoms with Crippen LogP contribution in [-0.2, 0) is 11.3 Å². The molecule has 2 aromatic rings. The molecule has 3 rings (SSSR count). The second-order valence-electron chi connectivity index (χ2n) is 7.69. The third-order valence-electron chi connectivity index (χ3n) is 5.22. The van der Waals surface area contributed by atoms with E-state index in [0.717, 1.165) is 48.2 Å². The van der Waals surface area contributed by atoms with Crippen molar-refractivity contribution >= 4 is 29.3 Å². The number of amides is 1. The standard InChI is InChI=1S/C24H32N4O2S/c1-18(17-31-22-8-5-4-7-21(22)30-3)15-26-24(25-2)27-16-19-10-12-20(13-11-19)28-14-6-9-23(28)29/h4-5,7-8,10-13,18H,6,9,14-17H2,1-3H3,(H2,25,26,27). The molecule has 0 bridgehead atoms. The highest BCUT2D eigenvalue weighted by Crippen LogP contribution is 2.29. The average Bonchev–Trinajstić information content (AvgIpc) is 3.24. The first-order chi connectivity index (χ1) is 15.1. The molecule has 166 valence electrons. The lowest BCUT2D eigenvalue weighted by Gasteiger charge is -2.17. The van der Waals surface area contributed by atoms with Gasteiger partial charge in [0.2, 0.25) is 5.91 Å². The van der Waals surface area contributed by atoms with Crippen LogP contribution in [0.3, 0.4) is 0 Å². The van der Waals surface area contributed by atoms with Crippen molar-refractivity contribution in [3.8, 4) is 5.75 Å². The number of methoxy groups -OCH3 is 1. The number of guanidine groups is 1. The van der Waals surface area contributed by atoms with Gasteiger partial charge in [0.1, 0.15) is 5.75 Å². The first-order valence-corrected chi connectivity index (χ1v) is 11.7. The fraction of sp³-hybridized carbons (Fsp3) is 0.417. The van der Waals surface area contributed by atoms with Crippen LogP contribution in [0.2, 0.25) is 0 Å². The van der Waals surface area contributed by atoms with E-state index in [0.29, 0.717) is 18.9 Å². The number of rotatable bonds is 9. The van der Waals surface area contributed by atoms with E-state index in [4.69, 9.17) is 4.74 Å². The maximum atomic E-state index is 11.9. The largest absolute Gasteiger partial charge is 0.496 e. The van der Waals surface area contributed by atoms with Crippen LogP contribution in [0.5, 0.6) is 5.75 Å². The topological polar surface area (TPSA) is 66.0 Å². The molecule has 2 aromatic carbocycles. The Balaban J connectivity index is 1.41. The van der Waals surface area contributed by atoms with Crippen LogP contribution in [0.25, 0.3) is 0 Å². The molecule has 1 aliphatic heterocycles. The molecule has 7 heteroatoms. The lowest BCUT2D eigenvalue weighted by molar-refractivity contribution is -0.117. The second kappa shape index (κ2) is 11.6. The molecule has 6 nitrogen and oxygen atoms in total. The van der Waals surface area contributed by atoms with Crippen LogP contribution in [-0.4, -0.2) is 44.9 Å². The summed E-state index contributed by atoms with van der Waals surface area (Å²) in [4.78, 5) is 19.2. The monoisotopic (exact) mass is 440 g/mol. The van der Waals surface area contributed by atoms with Gasteiger partial charge in [-0.3, -0.25) is 9.79 Å². The Morgan fingerprint density at radius 3 is 2.65 bits per heavy atom. The first kappa shape index (κ1) is 23.0. The maximum absolute atomic E-state index is 11.9. The summed E-state index contributed by atoms with van der Waals surface area (Å²) in [6.07, 6.45) is 1.60. The molecule has 1 fully saturated rings. The summed E-state index contributed by atoms with van der Waals surface area (Å²) in [6, 6.07) is 16.3. The van der Waals surface area contributed by atoms with Gasteiger partial charge in [-0.15, -0.1) is 11.8 Å². The molecule has 31 heavy (non-hydrogen) atoms. The minimum absolute atomic E-state index is 0.216. The number of thioether (sulfide) groups is 1. The van der Waals surface area contributed by atoms with E-state index in [-0.39, 0.29) is 5.91 Å². The lowest BCUT2D eigenvalue weighted by atomic mass is 10.2. The summed E-state index contributed by atoms with van der Waals surface area (Å²) in [5.74, 6) is 3.37. The van der Waals surface area contributed by atoms with Crippen LogP contribution in [0.15, 0.2) is 58.4 Å². The lowest BCUT2D eigenvalue weighted by Crippen LogP contribution is -2.39.